The topological polar surface area (TPSA) is 37.4 Å². The predicted molar refractivity (Wildman–Crippen MR) is 78.9 cm³/mol. The number of hydrogen-bond donors (Lipinski definition) is 1. The molecule has 4 nitrogen and oxygen atoms in total. The Hall–Kier alpha value is -1.29. The Morgan fingerprint density at radius 1 is 1.47 bits per heavy atom. The Balaban J connectivity index is 2.05. The Bertz CT molecular complexity index is 414. The summed E-state index contributed by atoms with van der Waals surface area (Å²) in [6, 6.07) is 4.65. The van der Waals surface area contributed by atoms with E-state index in [-0.39, 0.29) is 5.54 Å². The zero-order valence-corrected chi connectivity index (χ0v) is 12.4. The van der Waals surface area contributed by atoms with Gasteiger partial charge in [-0.25, -0.2) is 4.98 Å². The molecule has 1 aromatic heterocycles. The number of nitrogens with zero attached hydrogens (tertiary/aromatic N) is 2. The SMILES string of the molecule is COc1cc(N2CCCC2CNC(C)(C)C)ccn1. The quantitative estimate of drug-likeness (QED) is 0.905. The van der Waals surface area contributed by atoms with Gasteiger partial charge < -0.3 is 15.0 Å². The second-order valence-electron chi connectivity index (χ2n) is 6.18. The van der Waals surface area contributed by atoms with Crippen molar-refractivity contribution < 1.29 is 4.74 Å². The van der Waals surface area contributed by atoms with Crippen molar-refractivity contribution in [3.63, 3.8) is 0 Å². The normalized spacial score (nSPS) is 19.8. The summed E-state index contributed by atoms with van der Waals surface area (Å²) in [5, 5.41) is 3.60. The minimum Gasteiger partial charge on any atom is -0.481 e. The van der Waals surface area contributed by atoms with Crippen LogP contribution in [0.1, 0.15) is 33.6 Å². The van der Waals surface area contributed by atoms with E-state index < -0.39 is 0 Å². The maximum absolute atomic E-state index is 5.21. The third-order valence-electron chi connectivity index (χ3n) is 3.50. The summed E-state index contributed by atoms with van der Waals surface area (Å²) in [6.45, 7) is 8.77. The molecule has 0 bridgehead atoms. The molecule has 0 radical (unpaired) electrons. The van der Waals surface area contributed by atoms with Crippen molar-refractivity contribution in [2.75, 3.05) is 25.1 Å². The van der Waals surface area contributed by atoms with Gasteiger partial charge in [0.05, 0.1) is 7.11 Å². The number of hydrogen-bond acceptors (Lipinski definition) is 4. The predicted octanol–water partition coefficient (Wildman–Crippen LogP) is 2.45. The molecule has 0 aromatic carbocycles. The molecule has 1 N–H and O–H groups in total. The van der Waals surface area contributed by atoms with Crippen LogP contribution in [0, 0.1) is 0 Å². The van der Waals surface area contributed by atoms with Gasteiger partial charge in [0.15, 0.2) is 0 Å². The maximum atomic E-state index is 5.21. The minimum absolute atomic E-state index is 0.171. The first-order valence-electron chi connectivity index (χ1n) is 7.01. The highest BCUT2D eigenvalue weighted by atomic mass is 16.5. The highest BCUT2D eigenvalue weighted by Gasteiger charge is 2.26. The van der Waals surface area contributed by atoms with Crippen molar-refractivity contribution in [1.29, 1.82) is 0 Å². The summed E-state index contributed by atoms with van der Waals surface area (Å²) in [5.74, 6) is 0.687. The number of methoxy groups -OCH3 is 1. The van der Waals surface area contributed by atoms with E-state index in [0.717, 1.165) is 13.1 Å². The Labute approximate surface area is 116 Å². The van der Waals surface area contributed by atoms with Crippen LogP contribution >= 0.6 is 0 Å². The molecular weight excluding hydrogens is 238 g/mol. The van der Waals surface area contributed by atoms with E-state index in [1.807, 2.05) is 12.3 Å². The summed E-state index contributed by atoms with van der Waals surface area (Å²) < 4.78 is 5.21. The van der Waals surface area contributed by atoms with Gasteiger partial charge in [0.25, 0.3) is 0 Å². The molecule has 1 aliphatic heterocycles. The van der Waals surface area contributed by atoms with Crippen LogP contribution in [0.25, 0.3) is 0 Å². The molecule has 1 fully saturated rings. The average Bonchev–Trinajstić information content (AvgIpc) is 2.84. The van der Waals surface area contributed by atoms with Crippen LogP contribution in [0.5, 0.6) is 5.88 Å². The summed E-state index contributed by atoms with van der Waals surface area (Å²) >= 11 is 0. The van der Waals surface area contributed by atoms with Gasteiger partial charge in [0, 0.05) is 42.6 Å². The van der Waals surface area contributed by atoms with Crippen molar-refractivity contribution in [2.45, 2.75) is 45.2 Å². The van der Waals surface area contributed by atoms with Gasteiger partial charge in [0.2, 0.25) is 5.88 Å². The fourth-order valence-corrected chi connectivity index (χ4v) is 2.50. The second-order valence-corrected chi connectivity index (χ2v) is 6.18. The lowest BCUT2D eigenvalue weighted by Crippen LogP contribution is -2.45. The average molecular weight is 263 g/mol. The summed E-state index contributed by atoms with van der Waals surface area (Å²) in [5.41, 5.74) is 1.38. The number of anilines is 1. The van der Waals surface area contributed by atoms with Crippen molar-refractivity contribution in [2.24, 2.45) is 0 Å². The van der Waals surface area contributed by atoms with Crippen LogP contribution in [0.2, 0.25) is 0 Å². The van der Waals surface area contributed by atoms with Gasteiger partial charge in [-0.3, -0.25) is 0 Å². The van der Waals surface area contributed by atoms with Gasteiger partial charge in [-0.15, -0.1) is 0 Å². The Morgan fingerprint density at radius 3 is 2.95 bits per heavy atom. The molecule has 1 atom stereocenters. The molecule has 1 aromatic rings. The lowest BCUT2D eigenvalue weighted by molar-refractivity contribution is 0.396. The van der Waals surface area contributed by atoms with Crippen molar-refractivity contribution in [1.82, 2.24) is 10.3 Å². The van der Waals surface area contributed by atoms with E-state index >= 15 is 0 Å². The smallest absolute Gasteiger partial charge is 0.214 e. The van der Waals surface area contributed by atoms with E-state index in [0.29, 0.717) is 11.9 Å². The van der Waals surface area contributed by atoms with E-state index in [1.54, 1.807) is 7.11 Å². The molecule has 2 heterocycles. The van der Waals surface area contributed by atoms with Crippen LogP contribution in [0.4, 0.5) is 5.69 Å². The zero-order chi connectivity index (χ0) is 13.9. The number of rotatable bonds is 4. The molecule has 0 spiro atoms. The third-order valence-corrected chi connectivity index (χ3v) is 3.50. The van der Waals surface area contributed by atoms with E-state index in [1.165, 1.54) is 18.5 Å². The molecule has 2 rings (SSSR count). The molecule has 1 saturated heterocycles. The highest BCUT2D eigenvalue weighted by molar-refractivity contribution is 5.50. The summed E-state index contributed by atoms with van der Waals surface area (Å²) in [4.78, 5) is 6.64. The first kappa shape index (κ1) is 14.1. The van der Waals surface area contributed by atoms with Gasteiger partial charge in [0.1, 0.15) is 0 Å². The molecule has 0 amide bonds. The second kappa shape index (κ2) is 5.78. The molecule has 4 heteroatoms. The summed E-state index contributed by atoms with van der Waals surface area (Å²) in [7, 11) is 1.66. The number of pyridine rings is 1. The number of ether oxygens (including phenoxy) is 1. The van der Waals surface area contributed by atoms with Gasteiger partial charge in [-0.05, 0) is 39.7 Å². The molecule has 0 saturated carbocycles. The first-order chi connectivity index (χ1) is 8.99. The number of nitrogens with one attached hydrogen (secondary N) is 1. The van der Waals surface area contributed by atoms with Crippen LogP contribution in [-0.4, -0.2) is 36.8 Å². The minimum atomic E-state index is 0.171. The van der Waals surface area contributed by atoms with E-state index in [2.05, 4.69) is 42.0 Å². The summed E-state index contributed by atoms with van der Waals surface area (Å²) in [6.07, 6.45) is 4.32. The largest absolute Gasteiger partial charge is 0.481 e. The molecular formula is C15H25N3O. The van der Waals surface area contributed by atoms with Crippen LogP contribution in [0.3, 0.4) is 0 Å². The standard InChI is InChI=1S/C15H25N3O/c1-15(2,3)17-11-13-6-5-9-18(13)12-7-8-16-14(10-12)19-4/h7-8,10,13,17H,5-6,9,11H2,1-4H3. The number of aromatic nitrogens is 1. The molecule has 1 aliphatic rings. The van der Waals surface area contributed by atoms with Crippen molar-refractivity contribution in [3.8, 4) is 5.88 Å². The fraction of sp³-hybridized carbons (Fsp3) is 0.667. The molecule has 19 heavy (non-hydrogen) atoms. The van der Waals surface area contributed by atoms with Gasteiger partial charge in [-0.2, -0.15) is 0 Å². The van der Waals surface area contributed by atoms with Gasteiger partial charge >= 0.3 is 0 Å². The maximum Gasteiger partial charge on any atom is 0.214 e. The first-order valence-corrected chi connectivity index (χ1v) is 7.01. The van der Waals surface area contributed by atoms with Crippen molar-refractivity contribution in [3.05, 3.63) is 18.3 Å². The van der Waals surface area contributed by atoms with Crippen LogP contribution in [0.15, 0.2) is 18.3 Å². The van der Waals surface area contributed by atoms with E-state index in [4.69, 9.17) is 4.74 Å². The Morgan fingerprint density at radius 2 is 2.26 bits per heavy atom. The zero-order valence-electron chi connectivity index (χ0n) is 12.4. The third kappa shape index (κ3) is 3.83. The van der Waals surface area contributed by atoms with E-state index in [9.17, 15) is 0 Å². The lowest BCUT2D eigenvalue weighted by atomic mass is 10.1. The molecule has 0 aliphatic carbocycles. The highest BCUT2D eigenvalue weighted by Crippen LogP contribution is 2.27. The van der Waals surface area contributed by atoms with Crippen LogP contribution < -0.4 is 15.0 Å². The monoisotopic (exact) mass is 263 g/mol. The Kier molecular flexibility index (Phi) is 4.30. The van der Waals surface area contributed by atoms with Crippen molar-refractivity contribution >= 4 is 5.69 Å². The van der Waals surface area contributed by atoms with Crippen LogP contribution in [-0.2, 0) is 0 Å². The lowest BCUT2D eigenvalue weighted by Gasteiger charge is -2.30. The fourth-order valence-electron chi connectivity index (χ4n) is 2.50. The van der Waals surface area contributed by atoms with Gasteiger partial charge in [-0.1, -0.05) is 0 Å². The molecule has 1 unspecified atom stereocenters. The molecule has 106 valence electrons.